The number of halogens is 1. The lowest BCUT2D eigenvalue weighted by atomic mass is 9.46. The Balaban J connectivity index is 1.50. The van der Waals surface area contributed by atoms with Gasteiger partial charge in [0.15, 0.2) is 0 Å². The minimum Gasteiger partial charge on any atom is -0.390 e. The van der Waals surface area contributed by atoms with E-state index in [2.05, 4.69) is 70.6 Å². The molecule has 3 saturated carbocycles. The predicted octanol–water partition coefficient (Wildman–Crippen LogP) is 8.27. The number of aliphatic hydroxyl groups is 1. The molecule has 0 aromatic carbocycles. The van der Waals surface area contributed by atoms with Gasteiger partial charge in [0.25, 0.3) is 0 Å². The molecule has 4 aliphatic rings. The lowest BCUT2D eigenvalue weighted by Crippen LogP contribution is -2.52. The van der Waals surface area contributed by atoms with Gasteiger partial charge in [-0.1, -0.05) is 39.3 Å². The van der Waals surface area contributed by atoms with Crippen molar-refractivity contribution >= 4 is 23.0 Å². The molecule has 0 amide bonds. The number of fused-ring (bicyclic) bond motifs is 5. The first-order valence-electron chi connectivity index (χ1n) is 13.2. The fraction of sp³-hybridized carbons (Fsp3) is 0.929. The topological polar surface area (TPSA) is 29.5 Å². The van der Waals surface area contributed by atoms with Crippen LogP contribution in [0.15, 0.2) is 11.6 Å². The molecule has 0 radical (unpaired) electrons. The van der Waals surface area contributed by atoms with Crippen LogP contribution in [0.2, 0.25) is 0 Å². The Morgan fingerprint density at radius 3 is 2.58 bits per heavy atom. The van der Waals surface area contributed by atoms with Gasteiger partial charge < -0.3 is 8.17 Å². The molecule has 1 N–H and O–H groups in total. The fourth-order valence-corrected chi connectivity index (χ4v) is 9.02. The van der Waals surface area contributed by atoms with Gasteiger partial charge in [0, 0.05) is 0 Å². The molecule has 0 unspecified atom stereocenters. The van der Waals surface area contributed by atoms with Gasteiger partial charge >= 0.3 is 0 Å². The van der Waals surface area contributed by atoms with Gasteiger partial charge in [-0.2, -0.15) is 0 Å². The zero-order valence-corrected chi connectivity index (χ0v) is 23.1. The Bertz CT molecular complexity index is 701. The summed E-state index contributed by atoms with van der Waals surface area (Å²) in [4.78, 5) is 0. The van der Waals surface area contributed by atoms with Crippen molar-refractivity contribution in [1.82, 2.24) is 0 Å². The van der Waals surface area contributed by atoms with Crippen LogP contribution < -0.4 is 0 Å². The van der Waals surface area contributed by atoms with Crippen LogP contribution in [0.1, 0.15) is 112 Å². The van der Waals surface area contributed by atoms with Gasteiger partial charge in [-0.15, -0.1) is 0 Å². The van der Waals surface area contributed by atoms with E-state index in [1.165, 1.54) is 44.9 Å². The third kappa shape index (κ3) is 4.20. The minimum atomic E-state index is -0.440. The van der Waals surface area contributed by atoms with Crippen LogP contribution in [0, 0.1) is 40.4 Å². The Labute approximate surface area is 206 Å². The maximum absolute atomic E-state index is 11.0. The largest absolute Gasteiger partial charge is 0.390 e. The van der Waals surface area contributed by atoms with Crippen molar-refractivity contribution in [1.29, 1.82) is 0 Å². The molecule has 178 valence electrons. The van der Waals surface area contributed by atoms with Crippen molar-refractivity contribution in [3.8, 4) is 0 Å². The van der Waals surface area contributed by atoms with Gasteiger partial charge in [0.1, 0.15) is 23.0 Å². The second-order valence-electron chi connectivity index (χ2n) is 13.1. The smallest absolute Gasteiger partial charge is 0.110 e. The maximum atomic E-state index is 11.0. The molecule has 0 aromatic heterocycles. The van der Waals surface area contributed by atoms with Crippen molar-refractivity contribution in [3.05, 3.63) is 11.6 Å². The van der Waals surface area contributed by atoms with E-state index in [0.717, 1.165) is 55.3 Å². The molecule has 0 aromatic rings. The van der Waals surface area contributed by atoms with E-state index in [-0.39, 0.29) is 5.60 Å². The Morgan fingerprint density at radius 1 is 1.16 bits per heavy atom. The van der Waals surface area contributed by atoms with E-state index in [1.807, 2.05) is 0 Å². The second-order valence-corrected chi connectivity index (χ2v) is 13.5. The lowest BCUT2D eigenvalue weighted by Gasteiger charge is -2.59. The van der Waals surface area contributed by atoms with E-state index < -0.39 is 5.60 Å². The van der Waals surface area contributed by atoms with E-state index in [4.69, 9.17) is 3.07 Å². The Morgan fingerprint density at radius 2 is 1.90 bits per heavy atom. The summed E-state index contributed by atoms with van der Waals surface area (Å²) < 4.78 is 5.68. The molecule has 4 aliphatic carbocycles. The average Bonchev–Trinajstić information content (AvgIpc) is 3.10. The minimum absolute atomic E-state index is 0.00799. The molecule has 3 fully saturated rings. The third-order valence-electron chi connectivity index (χ3n) is 11.1. The van der Waals surface area contributed by atoms with Crippen LogP contribution in [-0.2, 0) is 3.07 Å². The first-order chi connectivity index (χ1) is 14.5. The predicted molar refractivity (Wildman–Crippen MR) is 138 cm³/mol. The summed E-state index contributed by atoms with van der Waals surface area (Å²) in [5.74, 6) is 4.27. The number of hydrogen-bond acceptors (Lipinski definition) is 2. The molecule has 0 spiro atoms. The van der Waals surface area contributed by atoms with Gasteiger partial charge in [0.2, 0.25) is 0 Å². The van der Waals surface area contributed by atoms with E-state index in [9.17, 15) is 5.11 Å². The highest BCUT2D eigenvalue weighted by molar-refractivity contribution is 14.1. The summed E-state index contributed by atoms with van der Waals surface area (Å²) >= 11 is 2.08. The van der Waals surface area contributed by atoms with Gasteiger partial charge in [-0.3, -0.25) is 0 Å². The summed E-state index contributed by atoms with van der Waals surface area (Å²) in [5.41, 5.74) is 2.03. The quantitative estimate of drug-likeness (QED) is 0.270. The molecular formula is C28H47IO2. The standard InChI is InChI=1S/C28H47IO2/c1-7-28(30)17-16-26(5)20(18-28)8-9-21-23-11-10-22(27(23,6)15-13-24(21)26)19(2)12-14-25(3,4)31-29/h8,19,21-24,30H,7,9-18H2,1-6H3/t19-,21+,22-,23+,24+,26+,27-,28+/m1/s1. The molecule has 8 atom stereocenters. The lowest BCUT2D eigenvalue weighted by molar-refractivity contribution is -0.0758. The third-order valence-corrected chi connectivity index (χ3v) is 12.3. The van der Waals surface area contributed by atoms with E-state index >= 15 is 0 Å². The number of hydrogen-bond donors (Lipinski definition) is 1. The monoisotopic (exact) mass is 542 g/mol. The number of allylic oxidation sites excluding steroid dienone is 1. The Hall–Kier alpha value is 0.390. The van der Waals surface area contributed by atoms with Crippen molar-refractivity contribution in [2.24, 2.45) is 40.4 Å². The van der Waals surface area contributed by atoms with E-state index in [1.54, 1.807) is 5.57 Å². The second kappa shape index (κ2) is 8.56. The first-order valence-corrected chi connectivity index (χ1v) is 14.1. The first kappa shape index (κ1) is 24.5. The molecule has 0 aliphatic heterocycles. The summed E-state index contributed by atoms with van der Waals surface area (Å²) in [6.07, 6.45) is 16.0. The molecule has 0 bridgehead atoms. The number of rotatable bonds is 6. The van der Waals surface area contributed by atoms with Crippen LogP contribution in [0.5, 0.6) is 0 Å². The molecule has 0 heterocycles. The SMILES string of the molecule is CC[C@]1(O)CC[C@@]2(C)C(=CC[C@H]3[C@@H]4CC[C@H]([C@H](C)CCC(C)(C)OI)[C@@]4(C)CC[C@@H]32)C1. The Kier molecular flexibility index (Phi) is 6.77. The van der Waals surface area contributed by atoms with Crippen molar-refractivity contribution in [3.63, 3.8) is 0 Å². The highest BCUT2D eigenvalue weighted by atomic mass is 127. The molecular weight excluding hydrogens is 495 g/mol. The average molecular weight is 543 g/mol. The molecule has 0 saturated heterocycles. The molecule has 2 nitrogen and oxygen atoms in total. The summed E-state index contributed by atoms with van der Waals surface area (Å²) in [6, 6.07) is 0. The molecule has 3 heteroatoms. The van der Waals surface area contributed by atoms with Gasteiger partial charge in [0.05, 0.1) is 11.2 Å². The van der Waals surface area contributed by atoms with Gasteiger partial charge in [-0.05, 0) is 125 Å². The van der Waals surface area contributed by atoms with E-state index in [0.29, 0.717) is 10.8 Å². The summed E-state index contributed by atoms with van der Waals surface area (Å²) in [5, 5.41) is 11.0. The zero-order valence-electron chi connectivity index (χ0n) is 21.0. The van der Waals surface area contributed by atoms with Crippen LogP contribution in [0.4, 0.5) is 0 Å². The maximum Gasteiger partial charge on any atom is 0.110 e. The molecule has 31 heavy (non-hydrogen) atoms. The van der Waals surface area contributed by atoms with Crippen LogP contribution in [-0.4, -0.2) is 16.3 Å². The van der Waals surface area contributed by atoms with Crippen LogP contribution in [0.25, 0.3) is 0 Å². The summed E-state index contributed by atoms with van der Waals surface area (Å²) in [6.45, 7) is 14.4. The van der Waals surface area contributed by atoms with Gasteiger partial charge in [-0.25, -0.2) is 0 Å². The van der Waals surface area contributed by atoms with Crippen LogP contribution in [0.3, 0.4) is 0 Å². The zero-order chi connectivity index (χ0) is 22.7. The summed E-state index contributed by atoms with van der Waals surface area (Å²) in [7, 11) is 0. The normalized spacial score (nSPS) is 46.0. The highest BCUT2D eigenvalue weighted by Crippen LogP contribution is 2.67. The fourth-order valence-electron chi connectivity index (χ4n) is 8.80. The van der Waals surface area contributed by atoms with Crippen molar-refractivity contribution < 1.29 is 8.17 Å². The molecule has 4 rings (SSSR count). The van der Waals surface area contributed by atoms with Crippen LogP contribution >= 0.6 is 23.0 Å². The van der Waals surface area contributed by atoms with Crippen molar-refractivity contribution in [2.45, 2.75) is 123 Å². The van der Waals surface area contributed by atoms with Crippen molar-refractivity contribution in [2.75, 3.05) is 0 Å². The highest BCUT2D eigenvalue weighted by Gasteiger charge is 2.59.